The van der Waals surface area contributed by atoms with E-state index in [2.05, 4.69) is 31.2 Å². The maximum Gasteiger partial charge on any atom is 0.253 e. The van der Waals surface area contributed by atoms with E-state index >= 15 is 0 Å². The van der Waals surface area contributed by atoms with Crippen molar-refractivity contribution in [2.75, 3.05) is 36.7 Å². The van der Waals surface area contributed by atoms with Crippen molar-refractivity contribution in [2.45, 2.75) is 33.7 Å². The summed E-state index contributed by atoms with van der Waals surface area (Å²) >= 11 is 0. The molecular weight excluding hydrogens is 510 g/mol. The number of nitrogens with zero attached hydrogens (tertiary/aromatic N) is 3. The van der Waals surface area contributed by atoms with Gasteiger partial charge in [-0.15, -0.1) is 0 Å². The molecule has 202 valence electrons. The normalized spacial score (nSPS) is 15.4. The van der Waals surface area contributed by atoms with Gasteiger partial charge < -0.3 is 14.6 Å². The molecule has 8 heteroatoms. The minimum Gasteiger partial charge on any atom is -0.342 e. The van der Waals surface area contributed by atoms with E-state index in [0.717, 1.165) is 68.5 Å². The number of hydrogen-bond donors (Lipinski definition) is 0. The van der Waals surface area contributed by atoms with Gasteiger partial charge in [0.1, 0.15) is 17.3 Å². The van der Waals surface area contributed by atoms with Gasteiger partial charge in [-0.05, 0) is 71.8 Å². The van der Waals surface area contributed by atoms with Gasteiger partial charge in [-0.2, -0.15) is 0 Å². The van der Waals surface area contributed by atoms with Crippen LogP contribution in [0.1, 0.15) is 38.2 Å². The topological polar surface area (TPSA) is 78.0 Å². The first-order valence-corrected chi connectivity index (χ1v) is 14.7. The smallest absolute Gasteiger partial charge is 0.253 e. The molecule has 3 aromatic rings. The quantitative estimate of drug-likeness (QED) is 0.437. The third-order valence-electron chi connectivity index (χ3n) is 7.97. The van der Waals surface area contributed by atoms with Gasteiger partial charge in [-0.3, -0.25) is 13.9 Å². The van der Waals surface area contributed by atoms with Crippen molar-refractivity contribution in [3.8, 4) is 22.3 Å². The second-order valence-corrected chi connectivity index (χ2v) is 11.6. The molecule has 0 radical (unpaired) electrons. The number of carbonyl (C=O) groups excluding carboxylic acids is 3. The number of hydrogen-bond acceptors (Lipinski definition) is 4. The van der Waals surface area contributed by atoms with E-state index in [1.807, 2.05) is 36.4 Å². The summed E-state index contributed by atoms with van der Waals surface area (Å²) in [7, 11) is -1.29. The summed E-state index contributed by atoms with van der Waals surface area (Å²) in [5.74, 6) is -0.0582. The number of amides is 2. The van der Waals surface area contributed by atoms with Crippen LogP contribution in [0.2, 0.25) is 0 Å². The Balaban J connectivity index is 1.71. The molecule has 2 amide bonds. The van der Waals surface area contributed by atoms with Gasteiger partial charge in [0.15, 0.2) is 0 Å². The molecule has 2 heterocycles. The van der Waals surface area contributed by atoms with Gasteiger partial charge >= 0.3 is 0 Å². The summed E-state index contributed by atoms with van der Waals surface area (Å²) in [5.41, 5.74) is 10.4. The molecule has 3 aromatic carbocycles. The molecule has 0 saturated carbocycles. The number of fused-ring (bicyclic) bond motifs is 3. The molecule has 0 spiro atoms. The lowest BCUT2D eigenvalue weighted by atomic mass is 9.80. The molecule has 0 N–H and O–H groups in total. The Hall–Kier alpha value is -3.78. The van der Waals surface area contributed by atoms with Crippen molar-refractivity contribution >= 4 is 35.3 Å². The minimum atomic E-state index is -1.29. The lowest BCUT2D eigenvalue weighted by molar-refractivity contribution is -0.119. The SMILES string of the molecule is Cc1ccc(-c2c(C)c3c(c(C)c2CC=O)N(S(C)=O)Cc2ccc(C(=O)N4CCN(C=O)CC4)cc2-3)cc1. The first-order valence-electron chi connectivity index (χ1n) is 13.1. The molecule has 1 atom stereocenters. The average molecular weight is 544 g/mol. The number of benzene rings is 3. The minimum absolute atomic E-state index is 0.0582. The average Bonchev–Trinajstić information content (AvgIpc) is 2.95. The van der Waals surface area contributed by atoms with Gasteiger partial charge in [0.2, 0.25) is 6.41 Å². The van der Waals surface area contributed by atoms with Gasteiger partial charge in [-0.1, -0.05) is 35.9 Å². The van der Waals surface area contributed by atoms with Gasteiger partial charge in [0.05, 0.1) is 12.2 Å². The van der Waals surface area contributed by atoms with Crippen LogP contribution in [-0.2, 0) is 33.5 Å². The van der Waals surface area contributed by atoms with Gasteiger partial charge in [-0.25, -0.2) is 4.21 Å². The summed E-state index contributed by atoms with van der Waals surface area (Å²) < 4.78 is 14.9. The fourth-order valence-electron chi connectivity index (χ4n) is 5.88. The number of aryl methyl sites for hydroxylation is 1. The molecule has 39 heavy (non-hydrogen) atoms. The standard InChI is InChI=1S/C31H33N3O4S/c1-20-5-7-23(8-6-20)28-22(3)29-27-17-24(31(37)33-14-12-32(19-36)13-15-33)9-10-25(27)18-34(39(4)38)30(29)21(2)26(28)11-16-35/h5-10,16-17,19H,11-15,18H2,1-4H3. The third kappa shape index (κ3) is 4.78. The van der Waals surface area contributed by atoms with Crippen molar-refractivity contribution in [3.63, 3.8) is 0 Å². The predicted molar refractivity (Wildman–Crippen MR) is 155 cm³/mol. The van der Waals surface area contributed by atoms with Crippen LogP contribution in [0.25, 0.3) is 22.3 Å². The number of aldehydes is 1. The van der Waals surface area contributed by atoms with Gasteiger partial charge in [0, 0.05) is 50.0 Å². The van der Waals surface area contributed by atoms with E-state index in [4.69, 9.17) is 0 Å². The Morgan fingerprint density at radius 3 is 2.23 bits per heavy atom. The monoisotopic (exact) mass is 543 g/mol. The predicted octanol–water partition coefficient (Wildman–Crippen LogP) is 4.21. The van der Waals surface area contributed by atoms with Crippen LogP contribution in [-0.4, -0.2) is 65.0 Å². The molecular formula is C31H33N3O4S. The van der Waals surface area contributed by atoms with E-state index in [0.29, 0.717) is 38.3 Å². The number of piperazine rings is 1. The Kier molecular flexibility index (Phi) is 7.40. The molecule has 0 aliphatic carbocycles. The molecule has 2 aliphatic heterocycles. The zero-order chi connectivity index (χ0) is 27.8. The van der Waals surface area contributed by atoms with Crippen LogP contribution in [0.3, 0.4) is 0 Å². The molecule has 1 unspecified atom stereocenters. The molecule has 7 nitrogen and oxygen atoms in total. The van der Waals surface area contributed by atoms with Crippen LogP contribution in [0.15, 0.2) is 42.5 Å². The number of anilines is 1. The van der Waals surface area contributed by atoms with Crippen LogP contribution >= 0.6 is 0 Å². The maximum atomic E-state index is 13.5. The summed E-state index contributed by atoms with van der Waals surface area (Å²) in [6.07, 6.45) is 3.69. The fourth-order valence-corrected chi connectivity index (χ4v) is 6.69. The zero-order valence-corrected chi connectivity index (χ0v) is 23.6. The highest BCUT2D eigenvalue weighted by atomic mass is 32.2. The van der Waals surface area contributed by atoms with E-state index in [1.54, 1.807) is 16.1 Å². The molecule has 1 fully saturated rings. The van der Waals surface area contributed by atoms with Crippen molar-refractivity contribution in [1.82, 2.24) is 9.80 Å². The van der Waals surface area contributed by atoms with Crippen molar-refractivity contribution in [1.29, 1.82) is 0 Å². The summed E-state index contributed by atoms with van der Waals surface area (Å²) in [5, 5.41) is 0. The Morgan fingerprint density at radius 1 is 0.923 bits per heavy atom. The molecule has 0 aromatic heterocycles. The highest BCUT2D eigenvalue weighted by Gasteiger charge is 2.32. The van der Waals surface area contributed by atoms with E-state index in [-0.39, 0.29) is 12.3 Å². The van der Waals surface area contributed by atoms with E-state index < -0.39 is 11.0 Å². The first-order chi connectivity index (χ1) is 18.7. The largest absolute Gasteiger partial charge is 0.342 e. The molecule has 0 bridgehead atoms. The first kappa shape index (κ1) is 26.8. The summed E-state index contributed by atoms with van der Waals surface area (Å²) in [6.45, 7) is 8.60. The molecule has 2 aliphatic rings. The highest BCUT2D eigenvalue weighted by Crippen LogP contribution is 2.49. The van der Waals surface area contributed by atoms with Crippen LogP contribution < -0.4 is 4.31 Å². The van der Waals surface area contributed by atoms with Crippen LogP contribution in [0.4, 0.5) is 5.69 Å². The van der Waals surface area contributed by atoms with Gasteiger partial charge in [0.25, 0.3) is 5.91 Å². The Bertz CT molecular complexity index is 1490. The van der Waals surface area contributed by atoms with Crippen molar-refractivity contribution in [3.05, 3.63) is 75.8 Å². The lowest BCUT2D eigenvalue weighted by Gasteiger charge is -2.36. The van der Waals surface area contributed by atoms with Crippen LogP contribution in [0, 0.1) is 20.8 Å². The number of rotatable bonds is 6. The Morgan fingerprint density at radius 2 is 1.62 bits per heavy atom. The number of carbonyl (C=O) groups is 3. The summed E-state index contributed by atoms with van der Waals surface area (Å²) in [6, 6.07) is 14.1. The van der Waals surface area contributed by atoms with E-state index in [1.165, 1.54) is 0 Å². The maximum absolute atomic E-state index is 13.5. The van der Waals surface area contributed by atoms with Crippen molar-refractivity contribution in [2.24, 2.45) is 0 Å². The van der Waals surface area contributed by atoms with Crippen molar-refractivity contribution < 1.29 is 18.6 Å². The third-order valence-corrected chi connectivity index (χ3v) is 8.91. The Labute approximate surface area is 232 Å². The van der Waals surface area contributed by atoms with E-state index in [9.17, 15) is 18.6 Å². The second kappa shape index (κ2) is 10.8. The molecule has 5 rings (SSSR count). The fraction of sp³-hybridized carbons (Fsp3) is 0.323. The highest BCUT2D eigenvalue weighted by molar-refractivity contribution is 7.85. The zero-order valence-electron chi connectivity index (χ0n) is 22.8. The second-order valence-electron chi connectivity index (χ2n) is 10.3. The van der Waals surface area contributed by atoms with Crippen LogP contribution in [0.5, 0.6) is 0 Å². The molecule has 1 saturated heterocycles. The summed E-state index contributed by atoms with van der Waals surface area (Å²) in [4.78, 5) is 39.9. The lowest BCUT2D eigenvalue weighted by Crippen LogP contribution is -2.48.